The van der Waals surface area contributed by atoms with Crippen LogP contribution < -0.4 is 10.6 Å². The van der Waals surface area contributed by atoms with Crippen LogP contribution in [0.1, 0.15) is 24.8 Å². The molecule has 102 valence electrons. The van der Waals surface area contributed by atoms with Crippen LogP contribution >= 0.6 is 12.4 Å². The number of aryl methyl sites for hydroxylation is 1. The van der Waals surface area contributed by atoms with Gasteiger partial charge in [-0.3, -0.25) is 4.79 Å². The smallest absolute Gasteiger partial charge is 0.220 e. The minimum atomic E-state index is 0. The van der Waals surface area contributed by atoms with E-state index in [1.165, 1.54) is 5.56 Å². The highest BCUT2D eigenvalue weighted by Crippen LogP contribution is 2.01. The van der Waals surface area contributed by atoms with Crippen LogP contribution in [0.3, 0.4) is 0 Å². The third kappa shape index (κ3) is 8.09. The molecule has 0 aliphatic rings. The number of rotatable bonds is 8. The van der Waals surface area contributed by atoms with Gasteiger partial charge in [0.15, 0.2) is 0 Å². The molecule has 0 bridgehead atoms. The normalized spacial score (nSPS) is 9.61. The molecular formula is C14H23ClN2O. The van der Waals surface area contributed by atoms with Crippen LogP contribution in [0.2, 0.25) is 0 Å². The Bertz CT molecular complexity index is 317. The summed E-state index contributed by atoms with van der Waals surface area (Å²) in [7, 11) is 1.90. The molecule has 0 spiro atoms. The van der Waals surface area contributed by atoms with Gasteiger partial charge in [0, 0.05) is 13.0 Å². The first-order valence-corrected chi connectivity index (χ1v) is 6.28. The molecule has 0 atom stereocenters. The van der Waals surface area contributed by atoms with Crippen molar-refractivity contribution < 1.29 is 4.79 Å². The topological polar surface area (TPSA) is 41.1 Å². The van der Waals surface area contributed by atoms with E-state index in [1.54, 1.807) is 0 Å². The van der Waals surface area contributed by atoms with Gasteiger partial charge in [-0.15, -0.1) is 12.4 Å². The number of hydrogen-bond acceptors (Lipinski definition) is 2. The van der Waals surface area contributed by atoms with Crippen LogP contribution in [-0.2, 0) is 11.2 Å². The van der Waals surface area contributed by atoms with E-state index in [-0.39, 0.29) is 18.3 Å². The second-order valence-electron chi connectivity index (χ2n) is 4.15. The second-order valence-corrected chi connectivity index (χ2v) is 4.15. The Labute approximate surface area is 116 Å². The monoisotopic (exact) mass is 270 g/mol. The van der Waals surface area contributed by atoms with Crippen LogP contribution in [0.4, 0.5) is 0 Å². The van der Waals surface area contributed by atoms with Gasteiger partial charge in [-0.25, -0.2) is 0 Å². The molecular weight excluding hydrogens is 248 g/mol. The molecule has 4 heteroatoms. The molecule has 1 aromatic rings. The van der Waals surface area contributed by atoms with Crippen LogP contribution in [0.5, 0.6) is 0 Å². The van der Waals surface area contributed by atoms with Crippen molar-refractivity contribution in [3.05, 3.63) is 35.9 Å². The summed E-state index contributed by atoms with van der Waals surface area (Å²) < 4.78 is 0. The molecule has 0 saturated heterocycles. The van der Waals surface area contributed by atoms with Gasteiger partial charge in [0.2, 0.25) is 5.91 Å². The van der Waals surface area contributed by atoms with Gasteiger partial charge in [0.1, 0.15) is 0 Å². The van der Waals surface area contributed by atoms with Gasteiger partial charge < -0.3 is 10.6 Å². The molecule has 0 aliphatic heterocycles. The molecule has 0 unspecified atom stereocenters. The lowest BCUT2D eigenvalue weighted by molar-refractivity contribution is -0.121. The third-order valence-electron chi connectivity index (χ3n) is 2.64. The van der Waals surface area contributed by atoms with E-state index >= 15 is 0 Å². The van der Waals surface area contributed by atoms with Crippen molar-refractivity contribution in [2.24, 2.45) is 0 Å². The van der Waals surface area contributed by atoms with Crippen LogP contribution in [0, 0.1) is 0 Å². The number of carbonyl (C=O) groups excluding carboxylic acids is 1. The molecule has 0 heterocycles. The zero-order valence-corrected chi connectivity index (χ0v) is 11.8. The summed E-state index contributed by atoms with van der Waals surface area (Å²) in [4.78, 5) is 11.4. The standard InChI is InChI=1S/C14H22N2O.ClH/c1-15-11-6-10-14(17)16-12-5-9-13-7-3-2-4-8-13;/h2-4,7-8,15H,5-6,9-12H2,1H3,(H,16,17);1H. The van der Waals surface area contributed by atoms with Gasteiger partial charge in [0.05, 0.1) is 0 Å². The number of benzene rings is 1. The summed E-state index contributed by atoms with van der Waals surface area (Å²) >= 11 is 0. The predicted octanol–water partition coefficient (Wildman–Crippen LogP) is 2.16. The Morgan fingerprint density at radius 3 is 2.50 bits per heavy atom. The van der Waals surface area contributed by atoms with Crippen molar-refractivity contribution in [1.29, 1.82) is 0 Å². The van der Waals surface area contributed by atoms with E-state index in [1.807, 2.05) is 25.2 Å². The van der Waals surface area contributed by atoms with Crippen LogP contribution in [0.25, 0.3) is 0 Å². The second kappa shape index (κ2) is 11.1. The lowest BCUT2D eigenvalue weighted by atomic mass is 10.1. The quantitative estimate of drug-likeness (QED) is 0.711. The number of amides is 1. The van der Waals surface area contributed by atoms with Gasteiger partial charge >= 0.3 is 0 Å². The van der Waals surface area contributed by atoms with E-state index in [9.17, 15) is 4.79 Å². The van der Waals surface area contributed by atoms with Crippen molar-refractivity contribution in [3.8, 4) is 0 Å². The maximum Gasteiger partial charge on any atom is 0.220 e. The van der Waals surface area contributed by atoms with E-state index in [0.717, 1.165) is 32.4 Å². The summed E-state index contributed by atoms with van der Waals surface area (Å²) in [5.74, 6) is 0.160. The summed E-state index contributed by atoms with van der Waals surface area (Å²) in [5, 5.41) is 5.98. The number of hydrogen-bond donors (Lipinski definition) is 2. The largest absolute Gasteiger partial charge is 0.356 e. The fourth-order valence-corrected chi connectivity index (χ4v) is 1.68. The van der Waals surface area contributed by atoms with Gasteiger partial charge in [-0.2, -0.15) is 0 Å². The Hall–Kier alpha value is -1.06. The zero-order valence-electron chi connectivity index (χ0n) is 10.9. The Morgan fingerprint density at radius 2 is 1.83 bits per heavy atom. The Morgan fingerprint density at radius 1 is 1.11 bits per heavy atom. The molecule has 18 heavy (non-hydrogen) atoms. The highest BCUT2D eigenvalue weighted by atomic mass is 35.5. The third-order valence-corrected chi connectivity index (χ3v) is 2.64. The van der Waals surface area contributed by atoms with E-state index in [4.69, 9.17) is 0 Å². The molecule has 0 aromatic heterocycles. The highest BCUT2D eigenvalue weighted by Gasteiger charge is 1.99. The summed E-state index contributed by atoms with van der Waals surface area (Å²) in [6.45, 7) is 1.67. The molecule has 1 rings (SSSR count). The first-order valence-electron chi connectivity index (χ1n) is 6.28. The molecule has 2 N–H and O–H groups in total. The maximum absolute atomic E-state index is 11.4. The van der Waals surface area contributed by atoms with E-state index in [0.29, 0.717) is 6.42 Å². The van der Waals surface area contributed by atoms with Crippen molar-refractivity contribution in [2.45, 2.75) is 25.7 Å². The van der Waals surface area contributed by atoms with Gasteiger partial charge in [-0.05, 0) is 38.4 Å². The van der Waals surface area contributed by atoms with Crippen molar-refractivity contribution in [3.63, 3.8) is 0 Å². The molecule has 1 aromatic carbocycles. The maximum atomic E-state index is 11.4. The van der Waals surface area contributed by atoms with Crippen LogP contribution in [-0.4, -0.2) is 26.0 Å². The lowest BCUT2D eigenvalue weighted by Gasteiger charge is -2.05. The van der Waals surface area contributed by atoms with E-state index < -0.39 is 0 Å². The minimum Gasteiger partial charge on any atom is -0.356 e. The summed E-state index contributed by atoms with van der Waals surface area (Å²) in [5.41, 5.74) is 1.33. The van der Waals surface area contributed by atoms with Gasteiger partial charge in [-0.1, -0.05) is 30.3 Å². The number of nitrogens with one attached hydrogen (secondary N) is 2. The fourth-order valence-electron chi connectivity index (χ4n) is 1.68. The predicted molar refractivity (Wildman–Crippen MR) is 78.2 cm³/mol. The zero-order chi connectivity index (χ0) is 12.3. The molecule has 0 aliphatic carbocycles. The van der Waals surface area contributed by atoms with Crippen molar-refractivity contribution >= 4 is 18.3 Å². The average Bonchev–Trinajstić information content (AvgIpc) is 2.36. The Kier molecular flexibility index (Phi) is 10.4. The molecule has 0 fully saturated rings. The van der Waals surface area contributed by atoms with Gasteiger partial charge in [0.25, 0.3) is 0 Å². The lowest BCUT2D eigenvalue weighted by Crippen LogP contribution is -2.25. The first kappa shape index (κ1) is 16.9. The van der Waals surface area contributed by atoms with Crippen molar-refractivity contribution in [1.82, 2.24) is 10.6 Å². The fraction of sp³-hybridized carbons (Fsp3) is 0.500. The van der Waals surface area contributed by atoms with Crippen molar-refractivity contribution in [2.75, 3.05) is 20.1 Å². The molecule has 0 radical (unpaired) electrons. The number of carbonyl (C=O) groups is 1. The molecule has 1 amide bonds. The molecule has 3 nitrogen and oxygen atoms in total. The molecule has 0 saturated carbocycles. The summed E-state index contributed by atoms with van der Waals surface area (Å²) in [6.07, 6.45) is 3.55. The minimum absolute atomic E-state index is 0. The number of halogens is 1. The summed E-state index contributed by atoms with van der Waals surface area (Å²) in [6, 6.07) is 10.4. The SMILES string of the molecule is CNCCCC(=O)NCCCc1ccccc1.Cl. The highest BCUT2D eigenvalue weighted by molar-refractivity contribution is 5.85. The van der Waals surface area contributed by atoms with Crippen LogP contribution in [0.15, 0.2) is 30.3 Å². The average molecular weight is 271 g/mol. The first-order chi connectivity index (χ1) is 8.33. The van der Waals surface area contributed by atoms with E-state index in [2.05, 4.69) is 22.8 Å². The Balaban J connectivity index is 0.00000289.